The largest absolute Gasteiger partial charge is 0.378 e. The van der Waals surface area contributed by atoms with Gasteiger partial charge >= 0.3 is 0 Å². The van der Waals surface area contributed by atoms with Gasteiger partial charge < -0.3 is 10.5 Å². The number of nitrogens with zero attached hydrogens (tertiary/aromatic N) is 4. The molecule has 0 aromatic carbocycles. The van der Waals surface area contributed by atoms with E-state index < -0.39 is 0 Å². The molecule has 0 bridgehead atoms. The van der Waals surface area contributed by atoms with Gasteiger partial charge in [-0.1, -0.05) is 0 Å². The highest BCUT2D eigenvalue weighted by Crippen LogP contribution is 2.16. The maximum absolute atomic E-state index is 5.64. The molecule has 1 aromatic rings. The molecule has 1 fully saturated rings. The molecule has 0 aliphatic carbocycles. The predicted octanol–water partition coefficient (Wildman–Crippen LogP) is 0.0910. The molecule has 1 aliphatic heterocycles. The van der Waals surface area contributed by atoms with E-state index in [0.717, 1.165) is 31.8 Å². The zero-order valence-electron chi connectivity index (χ0n) is 8.80. The summed E-state index contributed by atoms with van der Waals surface area (Å²) in [4.78, 5) is 0. The van der Waals surface area contributed by atoms with Crippen molar-refractivity contribution in [2.75, 3.05) is 6.61 Å². The molecule has 1 saturated heterocycles. The first kappa shape index (κ1) is 10.5. The quantitative estimate of drug-likeness (QED) is 0.763. The summed E-state index contributed by atoms with van der Waals surface area (Å²) < 4.78 is 7.40. The highest BCUT2D eigenvalue weighted by molar-refractivity contribution is 4.78. The van der Waals surface area contributed by atoms with Gasteiger partial charge in [-0.25, -0.2) is 4.68 Å². The molecule has 1 aromatic heterocycles. The molecule has 6 nitrogen and oxygen atoms in total. The van der Waals surface area contributed by atoms with Crippen LogP contribution in [0.1, 0.15) is 31.5 Å². The lowest BCUT2D eigenvalue weighted by molar-refractivity contribution is 0.00808. The lowest BCUT2D eigenvalue weighted by Crippen LogP contribution is -2.22. The van der Waals surface area contributed by atoms with Crippen LogP contribution in [0.3, 0.4) is 0 Å². The van der Waals surface area contributed by atoms with Crippen LogP contribution in [0.5, 0.6) is 0 Å². The smallest absolute Gasteiger partial charge is 0.164 e. The van der Waals surface area contributed by atoms with Gasteiger partial charge in [0.2, 0.25) is 0 Å². The fourth-order valence-corrected chi connectivity index (χ4v) is 1.84. The Morgan fingerprint density at radius 2 is 2.40 bits per heavy atom. The summed E-state index contributed by atoms with van der Waals surface area (Å²) in [5.41, 5.74) is 5.51. The average molecular weight is 211 g/mol. The maximum Gasteiger partial charge on any atom is 0.164 e. The van der Waals surface area contributed by atoms with Crippen LogP contribution in [0.2, 0.25) is 0 Å². The first-order valence-electron chi connectivity index (χ1n) is 5.47. The van der Waals surface area contributed by atoms with E-state index in [4.69, 9.17) is 10.5 Å². The molecule has 1 atom stereocenters. The van der Waals surface area contributed by atoms with E-state index >= 15 is 0 Å². The third-order valence-electron chi connectivity index (χ3n) is 2.73. The zero-order chi connectivity index (χ0) is 10.5. The van der Waals surface area contributed by atoms with E-state index in [1.165, 1.54) is 12.8 Å². The predicted molar refractivity (Wildman–Crippen MR) is 53.9 cm³/mol. The minimum Gasteiger partial charge on any atom is -0.378 e. The Labute approximate surface area is 88.8 Å². The summed E-state index contributed by atoms with van der Waals surface area (Å²) in [6.45, 7) is 2.08. The van der Waals surface area contributed by atoms with E-state index in [9.17, 15) is 0 Å². The third kappa shape index (κ3) is 2.73. The van der Waals surface area contributed by atoms with Crippen molar-refractivity contribution in [2.24, 2.45) is 5.73 Å². The van der Waals surface area contributed by atoms with Gasteiger partial charge in [-0.3, -0.25) is 0 Å². The Kier molecular flexibility index (Phi) is 3.63. The lowest BCUT2D eigenvalue weighted by atomic mass is 10.1. The molecule has 6 heteroatoms. The van der Waals surface area contributed by atoms with Crippen molar-refractivity contribution < 1.29 is 4.74 Å². The zero-order valence-corrected chi connectivity index (χ0v) is 8.80. The van der Waals surface area contributed by atoms with Crippen LogP contribution >= 0.6 is 0 Å². The van der Waals surface area contributed by atoms with Gasteiger partial charge in [-0.15, -0.1) is 5.10 Å². The molecule has 0 spiro atoms. The summed E-state index contributed by atoms with van der Waals surface area (Å²) in [6.07, 6.45) is 4.95. The first-order chi connectivity index (χ1) is 7.40. The summed E-state index contributed by atoms with van der Waals surface area (Å²) in [5, 5.41) is 11.3. The Balaban J connectivity index is 1.81. The molecule has 0 saturated carbocycles. The van der Waals surface area contributed by atoms with Crippen LogP contribution in [0.25, 0.3) is 0 Å². The van der Waals surface area contributed by atoms with Gasteiger partial charge in [0, 0.05) is 13.2 Å². The molecular weight excluding hydrogens is 194 g/mol. The van der Waals surface area contributed by atoms with Crippen molar-refractivity contribution >= 4 is 0 Å². The molecule has 15 heavy (non-hydrogen) atoms. The molecule has 84 valence electrons. The highest BCUT2D eigenvalue weighted by Gasteiger charge is 2.14. The topological polar surface area (TPSA) is 78.9 Å². The lowest BCUT2D eigenvalue weighted by Gasteiger charge is -2.22. The Morgan fingerprint density at radius 1 is 1.47 bits per heavy atom. The van der Waals surface area contributed by atoms with Crippen LogP contribution in [-0.4, -0.2) is 32.9 Å². The average Bonchev–Trinajstić information content (AvgIpc) is 2.75. The standard InChI is InChI=1S/C9H17N5O/c10-7-9-11-12-13-14(9)5-4-8-3-1-2-6-15-8/h8H,1-7,10H2. The van der Waals surface area contributed by atoms with E-state index in [0.29, 0.717) is 12.6 Å². The van der Waals surface area contributed by atoms with E-state index in [1.807, 2.05) is 0 Å². The van der Waals surface area contributed by atoms with E-state index in [-0.39, 0.29) is 0 Å². The molecule has 1 unspecified atom stereocenters. The van der Waals surface area contributed by atoms with Crippen LogP contribution in [0.15, 0.2) is 0 Å². The molecule has 2 N–H and O–H groups in total. The number of hydrogen-bond acceptors (Lipinski definition) is 5. The van der Waals surface area contributed by atoms with Crippen molar-refractivity contribution in [2.45, 2.75) is 44.9 Å². The second-order valence-electron chi connectivity index (χ2n) is 3.80. The van der Waals surface area contributed by atoms with Crippen molar-refractivity contribution in [3.05, 3.63) is 5.82 Å². The Bertz CT molecular complexity index is 294. The van der Waals surface area contributed by atoms with Crippen LogP contribution in [-0.2, 0) is 17.8 Å². The van der Waals surface area contributed by atoms with Gasteiger partial charge in [0.1, 0.15) is 0 Å². The monoisotopic (exact) mass is 211 g/mol. The second kappa shape index (κ2) is 5.18. The minimum atomic E-state index is 0.369. The third-order valence-corrected chi connectivity index (χ3v) is 2.73. The number of ether oxygens (including phenoxy) is 1. The molecule has 1 aliphatic rings. The van der Waals surface area contributed by atoms with Crippen molar-refractivity contribution in [3.8, 4) is 0 Å². The van der Waals surface area contributed by atoms with Crippen molar-refractivity contribution in [3.63, 3.8) is 0 Å². The normalized spacial score (nSPS) is 21.8. The molecule has 0 amide bonds. The fourth-order valence-electron chi connectivity index (χ4n) is 1.84. The minimum absolute atomic E-state index is 0.369. The van der Waals surface area contributed by atoms with Crippen LogP contribution in [0.4, 0.5) is 0 Å². The molecular formula is C9H17N5O. The van der Waals surface area contributed by atoms with Crippen LogP contribution < -0.4 is 5.73 Å². The van der Waals surface area contributed by atoms with Gasteiger partial charge in [-0.2, -0.15) is 0 Å². The van der Waals surface area contributed by atoms with Gasteiger partial charge in [0.15, 0.2) is 5.82 Å². The summed E-state index contributed by atoms with van der Waals surface area (Å²) in [5.74, 6) is 0.741. The Hall–Kier alpha value is -1.01. The first-order valence-corrected chi connectivity index (χ1v) is 5.47. The Morgan fingerprint density at radius 3 is 3.13 bits per heavy atom. The SMILES string of the molecule is NCc1nnnn1CCC1CCCCO1. The van der Waals surface area contributed by atoms with Crippen LogP contribution in [0, 0.1) is 0 Å². The molecule has 2 rings (SSSR count). The second-order valence-corrected chi connectivity index (χ2v) is 3.80. The number of aromatic nitrogens is 4. The summed E-state index contributed by atoms with van der Waals surface area (Å²) >= 11 is 0. The highest BCUT2D eigenvalue weighted by atomic mass is 16.5. The summed E-state index contributed by atoms with van der Waals surface area (Å²) in [6, 6.07) is 0. The fraction of sp³-hybridized carbons (Fsp3) is 0.889. The number of rotatable bonds is 4. The summed E-state index contributed by atoms with van der Waals surface area (Å²) in [7, 11) is 0. The van der Waals surface area contributed by atoms with Crippen molar-refractivity contribution in [1.82, 2.24) is 20.2 Å². The molecule has 2 heterocycles. The van der Waals surface area contributed by atoms with Gasteiger partial charge in [0.25, 0.3) is 0 Å². The molecule has 0 radical (unpaired) electrons. The van der Waals surface area contributed by atoms with E-state index in [2.05, 4.69) is 15.5 Å². The number of aryl methyl sites for hydroxylation is 1. The van der Waals surface area contributed by atoms with Gasteiger partial charge in [-0.05, 0) is 36.1 Å². The number of nitrogens with two attached hydrogens (primary N) is 1. The maximum atomic E-state index is 5.64. The van der Waals surface area contributed by atoms with Gasteiger partial charge in [0.05, 0.1) is 12.6 Å². The number of hydrogen-bond donors (Lipinski definition) is 1. The number of tetrazole rings is 1. The van der Waals surface area contributed by atoms with E-state index in [1.54, 1.807) is 4.68 Å². The van der Waals surface area contributed by atoms with Crippen molar-refractivity contribution in [1.29, 1.82) is 0 Å².